The van der Waals surface area contributed by atoms with Gasteiger partial charge in [-0.05, 0) is 42.5 Å². The summed E-state index contributed by atoms with van der Waals surface area (Å²) in [4.78, 5) is 2.26. The summed E-state index contributed by atoms with van der Waals surface area (Å²) in [5, 5.41) is 8.11. The van der Waals surface area contributed by atoms with Crippen molar-refractivity contribution in [1.29, 1.82) is 0 Å². The lowest BCUT2D eigenvalue weighted by atomic mass is 10.2. The van der Waals surface area contributed by atoms with Crippen molar-refractivity contribution in [3.8, 4) is 0 Å². The number of fused-ring (bicyclic) bond motifs is 1. The van der Waals surface area contributed by atoms with Crippen LogP contribution in [0.3, 0.4) is 0 Å². The van der Waals surface area contributed by atoms with E-state index in [9.17, 15) is 12.8 Å². The van der Waals surface area contributed by atoms with Gasteiger partial charge < -0.3 is 10.2 Å². The highest BCUT2D eigenvalue weighted by Gasteiger charge is 2.21. The molecule has 130 valence electrons. The number of hydrogen-bond acceptors (Lipinski definition) is 5. The third-order valence-corrected chi connectivity index (χ3v) is 5.95. The van der Waals surface area contributed by atoms with Crippen molar-refractivity contribution >= 4 is 26.6 Å². The molecule has 0 amide bonds. The zero-order valence-electron chi connectivity index (χ0n) is 13.4. The van der Waals surface area contributed by atoms with E-state index in [4.69, 9.17) is 0 Å². The van der Waals surface area contributed by atoms with Crippen LogP contribution in [0.15, 0.2) is 53.6 Å². The van der Waals surface area contributed by atoms with E-state index in [0.29, 0.717) is 5.52 Å². The number of rotatable bonds is 3. The Morgan fingerprint density at radius 3 is 2.48 bits per heavy atom. The fourth-order valence-corrected chi connectivity index (χ4v) is 4.29. The molecule has 1 aliphatic rings. The van der Waals surface area contributed by atoms with E-state index >= 15 is 0 Å². The van der Waals surface area contributed by atoms with Gasteiger partial charge in [0.2, 0.25) is 0 Å². The topological polar surface area (TPSA) is 67.2 Å². The van der Waals surface area contributed by atoms with E-state index in [-0.39, 0.29) is 4.90 Å². The minimum absolute atomic E-state index is 0.00471. The molecule has 2 heterocycles. The Balaban J connectivity index is 1.74. The van der Waals surface area contributed by atoms with Gasteiger partial charge in [-0.2, -0.15) is 17.6 Å². The lowest BCUT2D eigenvalue weighted by Crippen LogP contribution is -2.43. The summed E-state index contributed by atoms with van der Waals surface area (Å²) < 4.78 is 39.6. The molecule has 1 aliphatic heterocycles. The molecule has 0 radical (unpaired) electrons. The number of hydrogen-bond donors (Lipinski definition) is 1. The average Bonchev–Trinajstić information content (AvgIpc) is 3.07. The molecular formula is C17H17FN4O2S. The van der Waals surface area contributed by atoms with E-state index in [0.717, 1.165) is 53.5 Å². The van der Waals surface area contributed by atoms with E-state index < -0.39 is 15.8 Å². The molecule has 1 N–H and O–H groups in total. The maximum atomic E-state index is 13.1. The Kier molecular flexibility index (Phi) is 3.93. The van der Waals surface area contributed by atoms with Gasteiger partial charge in [0.05, 0.1) is 16.6 Å². The highest BCUT2D eigenvalue weighted by molar-refractivity contribution is 7.90. The molecule has 0 atom stereocenters. The van der Waals surface area contributed by atoms with Crippen LogP contribution < -0.4 is 10.2 Å². The molecule has 4 rings (SSSR count). The quantitative estimate of drug-likeness (QED) is 0.772. The number of benzene rings is 2. The van der Waals surface area contributed by atoms with Crippen molar-refractivity contribution in [2.24, 2.45) is 0 Å². The largest absolute Gasteiger partial charge is 0.369 e. The summed E-state index contributed by atoms with van der Waals surface area (Å²) >= 11 is 0. The second-order valence-electron chi connectivity index (χ2n) is 5.93. The number of halogens is 1. The molecule has 1 saturated heterocycles. The van der Waals surface area contributed by atoms with Crippen LogP contribution in [0.4, 0.5) is 10.1 Å². The van der Waals surface area contributed by atoms with E-state index in [1.165, 1.54) is 12.1 Å². The molecule has 8 heteroatoms. The van der Waals surface area contributed by atoms with Crippen molar-refractivity contribution in [3.05, 3.63) is 54.5 Å². The maximum Gasteiger partial charge on any atom is 0.283 e. The van der Waals surface area contributed by atoms with Crippen LogP contribution in [-0.2, 0) is 10.0 Å². The Morgan fingerprint density at radius 1 is 1.04 bits per heavy atom. The number of piperazine rings is 1. The van der Waals surface area contributed by atoms with E-state index in [1.54, 1.807) is 12.3 Å². The minimum atomic E-state index is -3.86. The molecule has 3 aromatic rings. The molecule has 0 saturated carbocycles. The number of nitrogens with zero attached hydrogens (tertiary/aromatic N) is 3. The summed E-state index contributed by atoms with van der Waals surface area (Å²) in [5.74, 6) is -0.482. The van der Waals surface area contributed by atoms with E-state index in [2.05, 4.69) is 15.3 Å². The molecule has 0 unspecified atom stereocenters. The lowest BCUT2D eigenvalue weighted by molar-refractivity contribution is 0.581. The smallest absolute Gasteiger partial charge is 0.283 e. The predicted octanol–water partition coefficient (Wildman–Crippen LogP) is 1.82. The molecule has 0 spiro atoms. The van der Waals surface area contributed by atoms with Gasteiger partial charge in [0.25, 0.3) is 10.0 Å². The summed E-state index contributed by atoms with van der Waals surface area (Å²) in [7, 11) is -3.86. The first kappa shape index (κ1) is 16.0. The first-order valence-corrected chi connectivity index (χ1v) is 9.44. The predicted molar refractivity (Wildman–Crippen MR) is 93.8 cm³/mol. The van der Waals surface area contributed by atoms with Gasteiger partial charge in [0.1, 0.15) is 5.82 Å². The molecule has 1 aromatic heterocycles. The molecule has 1 fully saturated rings. The van der Waals surface area contributed by atoms with Gasteiger partial charge in [-0.3, -0.25) is 0 Å². The summed E-state index contributed by atoms with van der Waals surface area (Å²) in [5.41, 5.74) is 1.55. The Bertz CT molecular complexity index is 1010. The zero-order chi connectivity index (χ0) is 17.4. The normalized spacial score (nSPS) is 15.6. The van der Waals surface area contributed by atoms with Crippen LogP contribution in [-0.4, -0.2) is 43.8 Å². The summed E-state index contributed by atoms with van der Waals surface area (Å²) in [6.45, 7) is 3.67. The Morgan fingerprint density at radius 2 is 1.76 bits per heavy atom. The monoisotopic (exact) mass is 360 g/mol. The third-order valence-electron chi connectivity index (χ3n) is 4.34. The molecular weight excluding hydrogens is 343 g/mol. The Hall–Kier alpha value is -2.45. The zero-order valence-corrected chi connectivity index (χ0v) is 14.2. The second-order valence-corrected chi connectivity index (χ2v) is 7.69. The molecule has 25 heavy (non-hydrogen) atoms. The van der Waals surface area contributed by atoms with Gasteiger partial charge in [0.15, 0.2) is 0 Å². The van der Waals surface area contributed by atoms with Crippen molar-refractivity contribution in [2.75, 3.05) is 31.1 Å². The van der Waals surface area contributed by atoms with Gasteiger partial charge >= 0.3 is 0 Å². The van der Waals surface area contributed by atoms with Crippen LogP contribution in [0.25, 0.3) is 10.9 Å². The first-order chi connectivity index (χ1) is 12.1. The van der Waals surface area contributed by atoms with Gasteiger partial charge in [-0.25, -0.2) is 4.39 Å². The van der Waals surface area contributed by atoms with E-state index in [1.807, 2.05) is 12.1 Å². The SMILES string of the molecule is O=S(=O)(c1ccc(F)cc1)n1ncc2cc(N3CCNCC3)ccc21. The van der Waals surface area contributed by atoms with Gasteiger partial charge in [-0.15, -0.1) is 0 Å². The fourth-order valence-electron chi connectivity index (χ4n) is 3.01. The highest BCUT2D eigenvalue weighted by atomic mass is 32.2. The molecule has 2 aromatic carbocycles. The molecule has 6 nitrogen and oxygen atoms in total. The van der Waals surface area contributed by atoms with Crippen molar-refractivity contribution < 1.29 is 12.8 Å². The maximum absolute atomic E-state index is 13.1. The molecule has 0 aliphatic carbocycles. The average molecular weight is 360 g/mol. The van der Waals surface area contributed by atoms with Gasteiger partial charge in [0, 0.05) is 37.3 Å². The standard InChI is InChI=1S/C17H17FN4O2S/c18-14-1-4-16(5-2-14)25(23,24)22-17-6-3-15(11-13(17)12-20-22)21-9-7-19-8-10-21/h1-6,11-12,19H,7-10H2. The number of anilines is 1. The lowest BCUT2D eigenvalue weighted by Gasteiger charge is -2.29. The van der Waals surface area contributed by atoms with Crippen LogP contribution in [0.5, 0.6) is 0 Å². The van der Waals surface area contributed by atoms with Crippen LogP contribution in [0, 0.1) is 5.82 Å². The molecule has 0 bridgehead atoms. The first-order valence-electron chi connectivity index (χ1n) is 8.00. The highest BCUT2D eigenvalue weighted by Crippen LogP contribution is 2.25. The summed E-state index contributed by atoms with van der Waals surface area (Å²) in [6, 6.07) is 10.4. The second kappa shape index (κ2) is 6.12. The fraction of sp³-hybridized carbons (Fsp3) is 0.235. The minimum Gasteiger partial charge on any atom is -0.369 e. The third kappa shape index (κ3) is 2.87. The van der Waals surface area contributed by atoms with Crippen molar-refractivity contribution in [2.45, 2.75) is 4.90 Å². The van der Waals surface area contributed by atoms with Crippen LogP contribution >= 0.6 is 0 Å². The number of nitrogens with one attached hydrogen (secondary N) is 1. The number of aromatic nitrogens is 2. The van der Waals surface area contributed by atoms with Crippen molar-refractivity contribution in [1.82, 2.24) is 14.5 Å². The summed E-state index contributed by atoms with van der Waals surface area (Å²) in [6.07, 6.45) is 1.54. The van der Waals surface area contributed by atoms with Crippen LogP contribution in [0.1, 0.15) is 0 Å². The van der Waals surface area contributed by atoms with Crippen LogP contribution in [0.2, 0.25) is 0 Å². The van der Waals surface area contributed by atoms with Gasteiger partial charge in [-0.1, -0.05) is 0 Å². The van der Waals surface area contributed by atoms with Crippen molar-refractivity contribution in [3.63, 3.8) is 0 Å². The Labute approximate surface area is 144 Å².